The lowest BCUT2D eigenvalue weighted by atomic mass is 10.0. The van der Waals surface area contributed by atoms with Crippen molar-refractivity contribution in [2.45, 2.75) is 38.8 Å². The molecule has 0 aliphatic carbocycles. The van der Waals surface area contributed by atoms with E-state index >= 15 is 0 Å². The van der Waals surface area contributed by atoms with Crippen molar-refractivity contribution in [2.75, 3.05) is 7.11 Å². The third-order valence-corrected chi connectivity index (χ3v) is 3.27. The zero-order valence-electron chi connectivity index (χ0n) is 13.3. The molecule has 5 nitrogen and oxygen atoms in total. The van der Waals surface area contributed by atoms with Crippen LogP contribution in [0.25, 0.3) is 5.57 Å². The van der Waals surface area contributed by atoms with Gasteiger partial charge in [-0.25, -0.2) is 9.59 Å². The van der Waals surface area contributed by atoms with Crippen LogP contribution in [-0.2, 0) is 14.3 Å². The summed E-state index contributed by atoms with van der Waals surface area (Å²) in [5.74, 6) is -0.451. The Labute approximate surface area is 130 Å². The van der Waals surface area contributed by atoms with Crippen molar-refractivity contribution in [3.8, 4) is 0 Å². The van der Waals surface area contributed by atoms with Gasteiger partial charge in [0.1, 0.15) is 11.6 Å². The number of hydrogen-bond donors (Lipinski definition) is 0. The number of carbonyl (C=O) groups is 2. The van der Waals surface area contributed by atoms with Crippen LogP contribution in [0.1, 0.15) is 32.8 Å². The fourth-order valence-electron chi connectivity index (χ4n) is 2.29. The van der Waals surface area contributed by atoms with Gasteiger partial charge in [0.25, 0.3) is 0 Å². The van der Waals surface area contributed by atoms with Gasteiger partial charge in [-0.3, -0.25) is 4.90 Å². The summed E-state index contributed by atoms with van der Waals surface area (Å²) in [6.07, 6.45) is 1.54. The van der Waals surface area contributed by atoms with Crippen LogP contribution in [0.3, 0.4) is 0 Å². The van der Waals surface area contributed by atoms with E-state index in [2.05, 4.69) is 0 Å². The van der Waals surface area contributed by atoms with Crippen molar-refractivity contribution < 1.29 is 19.1 Å². The summed E-state index contributed by atoms with van der Waals surface area (Å²) in [5.41, 5.74) is 1.26. The Bertz CT molecular complexity index is 586. The molecule has 1 atom stereocenters. The fourth-order valence-corrected chi connectivity index (χ4v) is 2.29. The smallest absolute Gasteiger partial charge is 0.415 e. The minimum absolute atomic E-state index is 0.413. The Morgan fingerprint density at radius 2 is 1.82 bits per heavy atom. The Kier molecular flexibility index (Phi) is 4.54. The lowest BCUT2D eigenvalue weighted by Crippen LogP contribution is -2.42. The molecular weight excluding hydrogens is 282 g/mol. The van der Waals surface area contributed by atoms with E-state index in [9.17, 15) is 9.59 Å². The summed E-state index contributed by atoms with van der Waals surface area (Å²) < 4.78 is 10.2. The van der Waals surface area contributed by atoms with Gasteiger partial charge in [-0.15, -0.1) is 0 Å². The molecule has 0 bridgehead atoms. The average molecular weight is 303 g/mol. The second-order valence-corrected chi connectivity index (χ2v) is 6.15. The molecule has 0 fully saturated rings. The predicted molar refractivity (Wildman–Crippen MR) is 82.9 cm³/mol. The zero-order valence-corrected chi connectivity index (χ0v) is 13.3. The molecule has 1 amide bonds. The highest BCUT2D eigenvalue weighted by Crippen LogP contribution is 2.31. The second-order valence-electron chi connectivity index (χ2n) is 6.15. The average Bonchev–Trinajstić information content (AvgIpc) is 2.91. The monoisotopic (exact) mass is 303 g/mol. The molecule has 22 heavy (non-hydrogen) atoms. The largest absolute Gasteiger partial charge is 0.467 e. The minimum atomic E-state index is -0.685. The molecule has 118 valence electrons. The predicted octanol–water partition coefficient (Wildman–Crippen LogP) is 3.21. The first-order chi connectivity index (χ1) is 10.3. The van der Waals surface area contributed by atoms with Gasteiger partial charge in [0.15, 0.2) is 0 Å². The molecule has 0 aromatic heterocycles. The molecule has 1 unspecified atom stereocenters. The Morgan fingerprint density at radius 1 is 1.18 bits per heavy atom. The topological polar surface area (TPSA) is 55.8 Å². The number of benzene rings is 1. The molecule has 0 N–H and O–H groups in total. The van der Waals surface area contributed by atoms with Gasteiger partial charge >= 0.3 is 12.1 Å². The van der Waals surface area contributed by atoms with E-state index < -0.39 is 23.7 Å². The number of hydrogen-bond acceptors (Lipinski definition) is 4. The van der Waals surface area contributed by atoms with Crippen LogP contribution in [-0.4, -0.2) is 35.7 Å². The third-order valence-electron chi connectivity index (χ3n) is 3.27. The molecule has 1 aromatic rings. The molecule has 1 aliphatic heterocycles. The molecular formula is C17H21NO4. The van der Waals surface area contributed by atoms with Crippen molar-refractivity contribution in [3.05, 3.63) is 42.1 Å². The van der Waals surface area contributed by atoms with Gasteiger partial charge in [-0.2, -0.15) is 0 Å². The maximum atomic E-state index is 12.3. The molecule has 2 rings (SSSR count). The highest BCUT2D eigenvalue weighted by molar-refractivity contribution is 5.88. The first-order valence-electron chi connectivity index (χ1n) is 7.17. The van der Waals surface area contributed by atoms with Crippen LogP contribution in [0.5, 0.6) is 0 Å². The van der Waals surface area contributed by atoms with Crippen LogP contribution in [0.15, 0.2) is 36.5 Å². The third kappa shape index (κ3) is 3.67. The Morgan fingerprint density at radius 3 is 2.36 bits per heavy atom. The van der Waals surface area contributed by atoms with Gasteiger partial charge < -0.3 is 9.47 Å². The fraction of sp³-hybridized carbons (Fsp3) is 0.412. The molecule has 5 heteroatoms. The van der Waals surface area contributed by atoms with Gasteiger partial charge in [-0.05, 0) is 31.9 Å². The van der Waals surface area contributed by atoms with Gasteiger partial charge in [0.2, 0.25) is 0 Å². The second kappa shape index (κ2) is 6.22. The quantitative estimate of drug-likeness (QED) is 0.787. The lowest BCUT2D eigenvalue weighted by molar-refractivity contribution is -0.145. The zero-order chi connectivity index (χ0) is 16.3. The molecule has 0 radical (unpaired) electrons. The van der Waals surface area contributed by atoms with Gasteiger partial charge in [-0.1, -0.05) is 30.3 Å². The minimum Gasteiger partial charge on any atom is -0.467 e. The summed E-state index contributed by atoms with van der Waals surface area (Å²) in [5, 5.41) is 0. The lowest BCUT2D eigenvalue weighted by Gasteiger charge is -2.26. The van der Waals surface area contributed by atoms with E-state index in [1.54, 1.807) is 27.0 Å². The summed E-state index contributed by atoms with van der Waals surface area (Å²) >= 11 is 0. The van der Waals surface area contributed by atoms with E-state index in [0.717, 1.165) is 11.1 Å². The number of nitrogens with zero attached hydrogens (tertiary/aromatic N) is 1. The van der Waals surface area contributed by atoms with E-state index in [1.165, 1.54) is 12.0 Å². The SMILES string of the molecule is COC(=O)C1CC(c2ccccc2)=CN1C(=O)OC(C)(C)C. The maximum absolute atomic E-state index is 12.3. The summed E-state index contributed by atoms with van der Waals surface area (Å²) in [7, 11) is 1.32. The van der Waals surface area contributed by atoms with E-state index in [1.807, 2.05) is 30.3 Å². The first kappa shape index (κ1) is 16.1. The van der Waals surface area contributed by atoms with Crippen molar-refractivity contribution >= 4 is 17.6 Å². The summed E-state index contributed by atoms with van der Waals surface area (Å²) in [6, 6.07) is 8.95. The van der Waals surface area contributed by atoms with Gasteiger partial charge in [0.05, 0.1) is 7.11 Å². The molecule has 0 spiro atoms. The summed E-state index contributed by atoms with van der Waals surface area (Å²) in [4.78, 5) is 25.6. The molecule has 1 aromatic carbocycles. The molecule has 1 aliphatic rings. The van der Waals surface area contributed by atoms with Crippen molar-refractivity contribution in [1.29, 1.82) is 0 Å². The summed E-state index contributed by atoms with van der Waals surface area (Å²) in [6.45, 7) is 5.36. The van der Waals surface area contributed by atoms with E-state index in [-0.39, 0.29) is 0 Å². The van der Waals surface area contributed by atoms with Gasteiger partial charge in [0, 0.05) is 12.6 Å². The normalized spacial score (nSPS) is 17.9. The Balaban J connectivity index is 2.27. The highest BCUT2D eigenvalue weighted by atomic mass is 16.6. The van der Waals surface area contributed by atoms with Crippen LogP contribution in [0, 0.1) is 0 Å². The number of rotatable bonds is 2. The van der Waals surface area contributed by atoms with Crippen molar-refractivity contribution in [1.82, 2.24) is 4.90 Å². The number of ether oxygens (including phenoxy) is 2. The Hall–Kier alpha value is -2.30. The van der Waals surface area contributed by atoms with Crippen LogP contribution in [0.2, 0.25) is 0 Å². The van der Waals surface area contributed by atoms with E-state index in [0.29, 0.717) is 6.42 Å². The van der Waals surface area contributed by atoms with Crippen LogP contribution < -0.4 is 0 Å². The van der Waals surface area contributed by atoms with Crippen LogP contribution >= 0.6 is 0 Å². The number of carbonyl (C=O) groups excluding carboxylic acids is 2. The van der Waals surface area contributed by atoms with Crippen molar-refractivity contribution in [2.24, 2.45) is 0 Å². The van der Waals surface area contributed by atoms with Crippen molar-refractivity contribution in [3.63, 3.8) is 0 Å². The number of amides is 1. The highest BCUT2D eigenvalue weighted by Gasteiger charge is 2.37. The molecule has 1 heterocycles. The van der Waals surface area contributed by atoms with E-state index in [4.69, 9.17) is 9.47 Å². The number of methoxy groups -OCH3 is 1. The van der Waals surface area contributed by atoms with Crippen LogP contribution in [0.4, 0.5) is 4.79 Å². The molecule has 0 saturated heterocycles. The molecule has 0 saturated carbocycles. The number of esters is 1. The maximum Gasteiger partial charge on any atom is 0.415 e. The first-order valence-corrected chi connectivity index (χ1v) is 7.17. The standard InChI is InChI=1S/C17H21NO4/c1-17(2,3)22-16(20)18-11-13(10-14(18)15(19)21-4)12-8-6-5-7-9-12/h5-9,11,14H,10H2,1-4H3.